The molecule has 1 aliphatic rings. The number of hydrogen-bond donors (Lipinski definition) is 0. The molecule has 0 N–H and O–H groups in total. The van der Waals surface area contributed by atoms with Crippen LogP contribution in [0.15, 0.2) is 51.9 Å². The molecule has 3 rings (SSSR count). The second-order valence-electron chi connectivity index (χ2n) is 7.68. The molecule has 2 aromatic rings. The second-order valence-corrected chi connectivity index (χ2v) is 8.47. The minimum absolute atomic E-state index is 0.0177. The van der Waals surface area contributed by atoms with Gasteiger partial charge in [0.05, 0.1) is 0 Å². The van der Waals surface area contributed by atoms with E-state index in [1.807, 2.05) is 47.2 Å². The zero-order valence-electron chi connectivity index (χ0n) is 16.2. The molecule has 4 nitrogen and oxygen atoms in total. The molecule has 1 fully saturated rings. The molecule has 1 aromatic carbocycles. The Kier molecular flexibility index (Phi) is 7.13. The predicted octanol–water partition coefficient (Wildman–Crippen LogP) is 4.52. The summed E-state index contributed by atoms with van der Waals surface area (Å²) in [5, 5.41) is 0. The average Bonchev–Trinajstić information content (AvgIpc) is 2.65. The van der Waals surface area contributed by atoms with E-state index in [0.29, 0.717) is 22.7 Å². The summed E-state index contributed by atoms with van der Waals surface area (Å²) in [6.45, 7) is 8.84. The zero-order valence-corrected chi connectivity index (χ0v) is 17.7. The van der Waals surface area contributed by atoms with E-state index < -0.39 is 0 Å². The fourth-order valence-corrected chi connectivity index (χ4v) is 4.16. The molecule has 0 saturated carbocycles. The smallest absolute Gasteiger partial charge is 0.268 e. The summed E-state index contributed by atoms with van der Waals surface area (Å²) in [4.78, 5) is 15.3. The maximum absolute atomic E-state index is 12.8. The standard InChI is InChI=1S/C22H28BrN2O2/c1-17(2)13-24-11-6-9-19(14-24)15-25-12-10-20(21(23)22(25)26)27-16-18-7-4-3-5-8-18/h3-5,7-8,10,12,19H,6,9,11,13-16H2,1-2H3. The highest BCUT2D eigenvalue weighted by atomic mass is 79.9. The van der Waals surface area contributed by atoms with Crippen molar-refractivity contribution in [3.63, 3.8) is 0 Å². The molecule has 0 spiro atoms. The summed E-state index contributed by atoms with van der Waals surface area (Å²) in [5.41, 5.74) is 1.06. The van der Waals surface area contributed by atoms with E-state index in [1.165, 1.54) is 18.8 Å². The van der Waals surface area contributed by atoms with Crippen LogP contribution in [0.4, 0.5) is 0 Å². The number of rotatable bonds is 7. The Hall–Kier alpha value is -1.59. The van der Waals surface area contributed by atoms with Gasteiger partial charge in [0, 0.05) is 25.8 Å². The van der Waals surface area contributed by atoms with Crippen LogP contribution in [0.3, 0.4) is 0 Å². The Balaban J connectivity index is 1.63. The van der Waals surface area contributed by atoms with Crippen molar-refractivity contribution in [2.75, 3.05) is 19.6 Å². The number of halogens is 1. The summed E-state index contributed by atoms with van der Waals surface area (Å²) in [7, 11) is 0. The number of piperidine rings is 1. The monoisotopic (exact) mass is 431 g/mol. The van der Waals surface area contributed by atoms with Crippen molar-refractivity contribution >= 4 is 15.9 Å². The lowest BCUT2D eigenvalue weighted by Gasteiger charge is -2.33. The first-order chi connectivity index (χ1) is 13.0. The van der Waals surface area contributed by atoms with Crippen molar-refractivity contribution in [3.05, 3.63) is 68.9 Å². The van der Waals surface area contributed by atoms with Gasteiger partial charge in [-0.15, -0.1) is 0 Å². The highest BCUT2D eigenvalue weighted by molar-refractivity contribution is 9.10. The zero-order chi connectivity index (χ0) is 19.2. The quantitative estimate of drug-likeness (QED) is 0.646. The van der Waals surface area contributed by atoms with Gasteiger partial charge >= 0.3 is 0 Å². The Morgan fingerprint density at radius 1 is 1.22 bits per heavy atom. The molecule has 2 heterocycles. The van der Waals surface area contributed by atoms with Crippen LogP contribution in [0.1, 0.15) is 32.3 Å². The molecule has 1 aromatic heterocycles. The molecule has 1 radical (unpaired) electrons. The van der Waals surface area contributed by atoms with Crippen LogP contribution in [0.25, 0.3) is 0 Å². The van der Waals surface area contributed by atoms with Gasteiger partial charge in [-0.25, -0.2) is 0 Å². The van der Waals surface area contributed by atoms with Crippen molar-refractivity contribution in [1.29, 1.82) is 0 Å². The molecule has 5 heteroatoms. The Morgan fingerprint density at radius 3 is 2.74 bits per heavy atom. The Bertz CT molecular complexity index is 789. The van der Waals surface area contributed by atoms with Gasteiger partial charge in [-0.1, -0.05) is 44.2 Å². The highest BCUT2D eigenvalue weighted by Gasteiger charge is 2.21. The van der Waals surface area contributed by atoms with E-state index in [9.17, 15) is 4.79 Å². The van der Waals surface area contributed by atoms with Gasteiger partial charge < -0.3 is 14.2 Å². The molecule has 0 amide bonds. The summed E-state index contributed by atoms with van der Waals surface area (Å²) in [6, 6.07) is 11.9. The molecular formula is C22H28BrN2O2. The van der Waals surface area contributed by atoms with Crippen LogP contribution in [-0.2, 0) is 13.2 Å². The summed E-state index contributed by atoms with van der Waals surface area (Å²) >= 11 is 3.44. The van der Waals surface area contributed by atoms with Crippen LogP contribution in [-0.4, -0.2) is 29.1 Å². The minimum Gasteiger partial charge on any atom is -0.487 e. The van der Waals surface area contributed by atoms with Gasteiger partial charge in [0.1, 0.15) is 16.8 Å². The molecule has 0 aliphatic carbocycles. The minimum atomic E-state index is -0.0177. The van der Waals surface area contributed by atoms with Gasteiger partial charge in [-0.3, -0.25) is 4.79 Å². The van der Waals surface area contributed by atoms with Gasteiger partial charge in [0.2, 0.25) is 0 Å². The SMILES string of the molecule is C[C](C)CN1CCCC(Cn2ccc(OCc3ccccc3)c(Br)c2=O)C1. The van der Waals surface area contributed by atoms with Crippen LogP contribution in [0.2, 0.25) is 0 Å². The molecule has 1 unspecified atom stereocenters. The number of pyridine rings is 1. The van der Waals surface area contributed by atoms with Crippen molar-refractivity contribution in [2.45, 2.75) is 39.8 Å². The molecule has 0 bridgehead atoms. The van der Waals surface area contributed by atoms with E-state index in [2.05, 4.69) is 34.7 Å². The predicted molar refractivity (Wildman–Crippen MR) is 113 cm³/mol. The first-order valence-corrected chi connectivity index (χ1v) is 10.4. The van der Waals surface area contributed by atoms with Crippen molar-refractivity contribution in [3.8, 4) is 5.75 Å². The van der Waals surface area contributed by atoms with Crippen LogP contribution in [0, 0.1) is 11.8 Å². The van der Waals surface area contributed by atoms with E-state index >= 15 is 0 Å². The summed E-state index contributed by atoms with van der Waals surface area (Å²) in [6.07, 6.45) is 4.24. The summed E-state index contributed by atoms with van der Waals surface area (Å²) < 4.78 is 8.16. The fraction of sp³-hybridized carbons (Fsp3) is 0.455. The average molecular weight is 432 g/mol. The van der Waals surface area contributed by atoms with Crippen LogP contribution >= 0.6 is 15.9 Å². The van der Waals surface area contributed by atoms with E-state index in [1.54, 1.807) is 0 Å². The lowest BCUT2D eigenvalue weighted by molar-refractivity contribution is 0.167. The topological polar surface area (TPSA) is 34.5 Å². The van der Waals surface area contributed by atoms with Gasteiger partial charge in [0.15, 0.2) is 0 Å². The number of ether oxygens (including phenoxy) is 1. The highest BCUT2D eigenvalue weighted by Crippen LogP contribution is 2.23. The number of hydrogen-bond acceptors (Lipinski definition) is 3. The van der Waals surface area contributed by atoms with Gasteiger partial charge in [-0.2, -0.15) is 0 Å². The molecule has 27 heavy (non-hydrogen) atoms. The number of nitrogens with zero attached hydrogens (tertiary/aromatic N) is 2. The molecular weight excluding hydrogens is 404 g/mol. The first kappa shape index (κ1) is 20.2. The van der Waals surface area contributed by atoms with Crippen molar-refractivity contribution in [1.82, 2.24) is 9.47 Å². The summed E-state index contributed by atoms with van der Waals surface area (Å²) in [5.74, 6) is 2.55. The van der Waals surface area contributed by atoms with E-state index in [0.717, 1.165) is 31.7 Å². The third kappa shape index (κ3) is 5.69. The molecule has 1 aliphatic heterocycles. The molecule has 1 saturated heterocycles. The second kappa shape index (κ2) is 9.56. The van der Waals surface area contributed by atoms with Crippen LogP contribution in [0.5, 0.6) is 5.75 Å². The normalized spacial score (nSPS) is 18.0. The number of likely N-dealkylation sites (tertiary alicyclic amines) is 1. The van der Waals surface area contributed by atoms with Crippen molar-refractivity contribution in [2.24, 2.45) is 5.92 Å². The molecule has 1 atom stereocenters. The van der Waals surface area contributed by atoms with Gasteiger partial charge in [-0.05, 0) is 58.8 Å². The Labute approximate surface area is 170 Å². The third-order valence-corrected chi connectivity index (χ3v) is 5.64. The third-order valence-electron chi connectivity index (χ3n) is 4.91. The van der Waals surface area contributed by atoms with Crippen LogP contribution < -0.4 is 10.3 Å². The lowest BCUT2D eigenvalue weighted by Crippen LogP contribution is -2.39. The largest absolute Gasteiger partial charge is 0.487 e. The van der Waals surface area contributed by atoms with Crippen molar-refractivity contribution < 1.29 is 4.74 Å². The lowest BCUT2D eigenvalue weighted by atomic mass is 9.97. The number of benzene rings is 1. The van der Waals surface area contributed by atoms with Gasteiger partial charge in [0.25, 0.3) is 5.56 Å². The van der Waals surface area contributed by atoms with E-state index in [4.69, 9.17) is 4.74 Å². The maximum atomic E-state index is 12.8. The fourth-order valence-electron chi connectivity index (χ4n) is 3.69. The number of aromatic nitrogens is 1. The van der Waals surface area contributed by atoms with E-state index in [-0.39, 0.29) is 5.56 Å². The maximum Gasteiger partial charge on any atom is 0.268 e. The first-order valence-electron chi connectivity index (χ1n) is 9.60. The molecule has 145 valence electrons. The Morgan fingerprint density at radius 2 is 2.00 bits per heavy atom.